The van der Waals surface area contributed by atoms with Crippen molar-refractivity contribution < 1.29 is 9.53 Å². The van der Waals surface area contributed by atoms with Crippen LogP contribution in [0.5, 0.6) is 5.88 Å². The molecular formula is C22H21N5O2S. The lowest BCUT2D eigenvalue weighted by Crippen LogP contribution is -2.58. The molecule has 2 atom stereocenters. The quantitative estimate of drug-likeness (QED) is 0.631. The van der Waals surface area contributed by atoms with Gasteiger partial charge in [-0.15, -0.1) is 11.3 Å². The van der Waals surface area contributed by atoms with Crippen molar-refractivity contribution >= 4 is 17.1 Å². The Hall–Kier alpha value is -3.15. The predicted octanol–water partition coefficient (Wildman–Crippen LogP) is 3.55. The molecule has 0 bridgehead atoms. The zero-order valence-corrected chi connectivity index (χ0v) is 17.6. The first-order valence-electron chi connectivity index (χ1n) is 9.72. The third-order valence-corrected chi connectivity index (χ3v) is 6.29. The molecule has 1 aliphatic heterocycles. The SMILES string of the molecule is Cc1c(C#N)ccnc1O[C@]1(C(=O)c2sccc2-c2ncccn2)CC[C@@H](C)NC1. The number of rotatable bonds is 5. The molecule has 0 amide bonds. The molecular weight excluding hydrogens is 398 g/mol. The Morgan fingerprint density at radius 1 is 1.30 bits per heavy atom. The lowest BCUT2D eigenvalue weighted by Gasteiger charge is -2.38. The Bertz CT molecular complexity index is 1100. The summed E-state index contributed by atoms with van der Waals surface area (Å²) in [5.41, 5.74) is 0.688. The Balaban J connectivity index is 1.75. The molecule has 3 aromatic heterocycles. The number of hydrogen-bond acceptors (Lipinski definition) is 8. The van der Waals surface area contributed by atoms with Crippen LogP contribution in [0.25, 0.3) is 11.4 Å². The molecule has 1 fully saturated rings. The molecule has 30 heavy (non-hydrogen) atoms. The molecule has 1 aliphatic rings. The Labute approximate surface area is 178 Å². The van der Waals surface area contributed by atoms with E-state index in [0.717, 1.165) is 6.42 Å². The molecule has 0 aromatic carbocycles. The largest absolute Gasteiger partial charge is 0.461 e. The standard InChI is InChI=1S/C22H21N5O2S/c1-14-4-7-22(13-27-14,29-21-15(2)16(12-23)5-10-26-21)19(28)18-17(6-11-30-18)20-24-8-3-9-25-20/h3,5-6,8-11,14,27H,4,7,13H2,1-2H3/t14-,22-/m1/s1. The van der Waals surface area contributed by atoms with Crippen LogP contribution in [0.15, 0.2) is 42.2 Å². The molecule has 0 spiro atoms. The van der Waals surface area contributed by atoms with Crippen LogP contribution in [0.2, 0.25) is 0 Å². The van der Waals surface area contributed by atoms with E-state index in [9.17, 15) is 10.1 Å². The van der Waals surface area contributed by atoms with Gasteiger partial charge >= 0.3 is 0 Å². The first kappa shape index (κ1) is 20.1. The maximum Gasteiger partial charge on any atom is 0.218 e. The third-order valence-electron chi connectivity index (χ3n) is 5.38. The Morgan fingerprint density at radius 3 is 2.80 bits per heavy atom. The summed E-state index contributed by atoms with van der Waals surface area (Å²) < 4.78 is 6.33. The number of nitrogens with one attached hydrogen (secondary N) is 1. The molecule has 0 unspecified atom stereocenters. The highest BCUT2D eigenvalue weighted by atomic mass is 32.1. The average Bonchev–Trinajstić information content (AvgIpc) is 3.27. The van der Waals surface area contributed by atoms with Crippen LogP contribution in [0, 0.1) is 18.3 Å². The number of piperidine rings is 1. The van der Waals surface area contributed by atoms with E-state index in [1.807, 2.05) is 11.4 Å². The fourth-order valence-electron chi connectivity index (χ4n) is 3.54. The molecule has 7 nitrogen and oxygen atoms in total. The number of ether oxygens (including phenoxy) is 1. The van der Waals surface area contributed by atoms with Crippen LogP contribution >= 0.6 is 11.3 Å². The summed E-state index contributed by atoms with van der Waals surface area (Å²) in [6.07, 6.45) is 6.18. The zero-order chi connectivity index (χ0) is 21.1. The minimum absolute atomic E-state index is 0.122. The summed E-state index contributed by atoms with van der Waals surface area (Å²) in [6.45, 7) is 4.23. The van der Waals surface area contributed by atoms with E-state index in [2.05, 4.69) is 33.3 Å². The molecule has 1 saturated heterocycles. The lowest BCUT2D eigenvalue weighted by atomic mass is 9.85. The highest BCUT2D eigenvalue weighted by Gasteiger charge is 2.46. The van der Waals surface area contributed by atoms with Crippen molar-refractivity contribution in [2.24, 2.45) is 0 Å². The number of Topliss-reactive ketones (excluding diaryl/α,β-unsaturated/α-hetero) is 1. The first-order chi connectivity index (χ1) is 14.5. The van der Waals surface area contributed by atoms with Gasteiger partial charge in [0.2, 0.25) is 11.7 Å². The van der Waals surface area contributed by atoms with Crippen LogP contribution < -0.4 is 10.1 Å². The molecule has 4 heterocycles. The maximum atomic E-state index is 13.9. The second-order valence-corrected chi connectivity index (χ2v) is 8.30. The average molecular weight is 420 g/mol. The molecule has 152 valence electrons. The summed E-state index contributed by atoms with van der Waals surface area (Å²) in [5.74, 6) is 0.700. The number of carbonyl (C=O) groups excluding carboxylic acids is 1. The summed E-state index contributed by atoms with van der Waals surface area (Å²) >= 11 is 1.36. The van der Waals surface area contributed by atoms with Crippen LogP contribution in [-0.4, -0.2) is 38.9 Å². The maximum absolute atomic E-state index is 13.9. The summed E-state index contributed by atoms with van der Waals surface area (Å²) in [5, 5.41) is 14.6. The van der Waals surface area contributed by atoms with Gasteiger partial charge in [-0.1, -0.05) is 0 Å². The third kappa shape index (κ3) is 3.70. The topological polar surface area (TPSA) is 101 Å². The molecule has 8 heteroatoms. The summed E-state index contributed by atoms with van der Waals surface area (Å²) in [4.78, 5) is 27.3. The number of thiophene rings is 1. The van der Waals surface area contributed by atoms with E-state index < -0.39 is 5.60 Å². The Morgan fingerprint density at radius 2 is 2.10 bits per heavy atom. The van der Waals surface area contributed by atoms with E-state index in [0.29, 0.717) is 46.2 Å². The smallest absolute Gasteiger partial charge is 0.218 e. The van der Waals surface area contributed by atoms with E-state index in [1.54, 1.807) is 31.5 Å². The number of nitriles is 1. The molecule has 3 aromatic rings. The van der Waals surface area contributed by atoms with Gasteiger partial charge < -0.3 is 10.1 Å². The van der Waals surface area contributed by atoms with Crippen molar-refractivity contribution in [1.82, 2.24) is 20.3 Å². The van der Waals surface area contributed by atoms with E-state index in [4.69, 9.17) is 4.74 Å². The van der Waals surface area contributed by atoms with Crippen LogP contribution in [0.1, 0.15) is 40.6 Å². The summed E-state index contributed by atoms with van der Waals surface area (Å²) in [7, 11) is 0. The van der Waals surface area contributed by atoms with E-state index >= 15 is 0 Å². The second kappa shape index (κ2) is 8.30. The lowest BCUT2D eigenvalue weighted by molar-refractivity contribution is 0.0265. The van der Waals surface area contributed by atoms with Crippen molar-refractivity contribution in [3.63, 3.8) is 0 Å². The van der Waals surface area contributed by atoms with Crippen LogP contribution in [0.3, 0.4) is 0 Å². The molecule has 1 N–H and O–H groups in total. The highest BCUT2D eigenvalue weighted by Crippen LogP contribution is 2.35. The number of nitrogens with zero attached hydrogens (tertiary/aromatic N) is 4. The highest BCUT2D eigenvalue weighted by molar-refractivity contribution is 7.12. The van der Waals surface area contributed by atoms with Gasteiger partial charge in [0.05, 0.1) is 16.5 Å². The van der Waals surface area contributed by atoms with Gasteiger partial charge in [-0.05, 0) is 50.3 Å². The van der Waals surface area contributed by atoms with Gasteiger partial charge in [0.1, 0.15) is 0 Å². The van der Waals surface area contributed by atoms with Crippen molar-refractivity contribution in [3.8, 4) is 23.3 Å². The van der Waals surface area contributed by atoms with Crippen LogP contribution in [-0.2, 0) is 0 Å². The first-order valence-corrected chi connectivity index (χ1v) is 10.6. The van der Waals surface area contributed by atoms with E-state index in [-0.39, 0.29) is 11.8 Å². The number of carbonyl (C=O) groups is 1. The van der Waals surface area contributed by atoms with Gasteiger partial charge in [0, 0.05) is 42.3 Å². The molecule has 0 radical (unpaired) electrons. The summed E-state index contributed by atoms with van der Waals surface area (Å²) in [6, 6.07) is 7.67. The number of pyridine rings is 1. The van der Waals surface area contributed by atoms with E-state index in [1.165, 1.54) is 17.5 Å². The molecule has 4 rings (SSSR count). The van der Waals surface area contributed by atoms with Crippen molar-refractivity contribution in [2.75, 3.05) is 6.54 Å². The molecule has 0 aliphatic carbocycles. The van der Waals surface area contributed by atoms with Crippen LogP contribution in [0.4, 0.5) is 0 Å². The second-order valence-electron chi connectivity index (χ2n) is 7.38. The fraction of sp³-hybridized carbons (Fsp3) is 0.318. The fourth-order valence-corrected chi connectivity index (χ4v) is 4.46. The van der Waals surface area contributed by atoms with Gasteiger partial charge in [0.25, 0.3) is 0 Å². The predicted molar refractivity (Wildman–Crippen MR) is 113 cm³/mol. The van der Waals surface area contributed by atoms with Crippen molar-refractivity contribution in [3.05, 3.63) is 58.2 Å². The van der Waals surface area contributed by atoms with Crippen molar-refractivity contribution in [1.29, 1.82) is 5.26 Å². The minimum atomic E-state index is -1.12. The normalized spacial score (nSPS) is 21.0. The zero-order valence-electron chi connectivity index (χ0n) is 16.8. The number of aromatic nitrogens is 3. The Kier molecular flexibility index (Phi) is 5.57. The number of ketones is 1. The monoisotopic (exact) mass is 419 g/mol. The van der Waals surface area contributed by atoms with Crippen molar-refractivity contribution in [2.45, 2.75) is 38.3 Å². The van der Waals surface area contributed by atoms with Gasteiger partial charge in [0.15, 0.2) is 11.4 Å². The van der Waals surface area contributed by atoms with Gasteiger partial charge in [-0.2, -0.15) is 5.26 Å². The van der Waals surface area contributed by atoms with Gasteiger partial charge in [-0.3, -0.25) is 4.79 Å². The minimum Gasteiger partial charge on any atom is -0.461 e. The molecule has 0 saturated carbocycles. The number of hydrogen-bond donors (Lipinski definition) is 1. The van der Waals surface area contributed by atoms with Gasteiger partial charge in [-0.25, -0.2) is 15.0 Å².